The number of aromatic nitrogens is 1. The van der Waals surface area contributed by atoms with E-state index < -0.39 is 0 Å². The molecule has 9 aromatic carbocycles. The highest BCUT2D eigenvalue weighted by Crippen LogP contribution is 2.42. The first kappa shape index (κ1) is 32.1. The van der Waals surface area contributed by atoms with Crippen molar-refractivity contribution in [3.05, 3.63) is 200 Å². The molecular weight excluding hydrogens is 711 g/mol. The average Bonchev–Trinajstić information content (AvgIpc) is 3.87. The summed E-state index contributed by atoms with van der Waals surface area (Å²) in [6.45, 7) is 0. The molecule has 12 rings (SSSR count). The van der Waals surface area contributed by atoms with Gasteiger partial charge in [-0.1, -0.05) is 158 Å². The van der Waals surface area contributed by atoms with Crippen molar-refractivity contribution in [2.24, 2.45) is 0 Å². The Kier molecular flexibility index (Phi) is 7.13. The van der Waals surface area contributed by atoms with E-state index in [0.29, 0.717) is 0 Å². The van der Waals surface area contributed by atoms with Gasteiger partial charge in [-0.25, -0.2) is 0 Å². The van der Waals surface area contributed by atoms with Gasteiger partial charge in [0, 0.05) is 53.0 Å². The summed E-state index contributed by atoms with van der Waals surface area (Å²) in [7, 11) is 0. The van der Waals surface area contributed by atoms with Crippen LogP contribution < -0.4 is 0 Å². The lowest BCUT2D eigenvalue weighted by atomic mass is 9.98. The second-order valence-corrected chi connectivity index (χ2v) is 15.8. The van der Waals surface area contributed by atoms with Gasteiger partial charge in [0.05, 0.1) is 11.0 Å². The Morgan fingerprint density at radius 2 is 0.895 bits per heavy atom. The van der Waals surface area contributed by atoms with Gasteiger partial charge in [0.2, 0.25) is 0 Å². The third kappa shape index (κ3) is 4.96. The van der Waals surface area contributed by atoms with Crippen molar-refractivity contribution < 1.29 is 4.42 Å². The predicted octanol–water partition coefficient (Wildman–Crippen LogP) is 15.8. The van der Waals surface area contributed by atoms with E-state index in [9.17, 15) is 0 Å². The van der Waals surface area contributed by atoms with Crippen molar-refractivity contribution in [3.8, 4) is 27.9 Å². The van der Waals surface area contributed by atoms with E-state index in [1.165, 1.54) is 58.2 Å². The van der Waals surface area contributed by atoms with E-state index in [4.69, 9.17) is 4.42 Å². The number of fused-ring (bicyclic) bond motifs is 13. The summed E-state index contributed by atoms with van der Waals surface area (Å²) in [6.07, 6.45) is 0. The lowest BCUT2D eigenvalue weighted by molar-refractivity contribution is 0.670. The van der Waals surface area contributed by atoms with Crippen LogP contribution in [0.2, 0.25) is 0 Å². The summed E-state index contributed by atoms with van der Waals surface area (Å²) < 4.78 is 11.7. The molecule has 0 radical (unpaired) electrons. The second kappa shape index (κ2) is 12.7. The highest BCUT2D eigenvalue weighted by Gasteiger charge is 2.16. The quantitative estimate of drug-likeness (QED) is 0.176. The van der Waals surface area contributed by atoms with Crippen LogP contribution in [0.1, 0.15) is 0 Å². The van der Waals surface area contributed by atoms with Crippen LogP contribution in [0.25, 0.3) is 113 Å². The van der Waals surface area contributed by atoms with Crippen molar-refractivity contribution in [2.45, 2.75) is 0 Å². The number of hydrogen-bond donors (Lipinski definition) is 0. The van der Waals surface area contributed by atoms with Crippen molar-refractivity contribution in [1.82, 2.24) is 4.57 Å². The van der Waals surface area contributed by atoms with Crippen molar-refractivity contribution in [2.75, 3.05) is 0 Å². The first-order valence-corrected chi connectivity index (χ1v) is 20.2. The van der Waals surface area contributed by atoms with Crippen molar-refractivity contribution in [3.63, 3.8) is 0 Å². The van der Waals surface area contributed by atoms with Crippen LogP contribution in [-0.2, 0) is 0 Å². The number of furan rings is 1. The first-order chi connectivity index (χ1) is 28.3. The molecule has 0 amide bonds. The molecule has 0 unspecified atom stereocenters. The topological polar surface area (TPSA) is 18.1 Å². The zero-order valence-electron chi connectivity index (χ0n) is 30.8. The molecule has 0 aliphatic heterocycles. The molecule has 0 aliphatic carbocycles. The van der Waals surface area contributed by atoms with E-state index in [1.54, 1.807) is 0 Å². The van der Waals surface area contributed by atoms with Gasteiger partial charge in [-0.3, -0.25) is 0 Å². The van der Waals surface area contributed by atoms with E-state index in [-0.39, 0.29) is 0 Å². The molecule has 57 heavy (non-hydrogen) atoms. The molecule has 0 saturated heterocycles. The molecule has 0 atom stereocenters. The van der Waals surface area contributed by atoms with Crippen LogP contribution in [0.15, 0.2) is 205 Å². The fraction of sp³-hybridized carbons (Fsp3) is 0. The molecule has 266 valence electrons. The number of hydrogen-bond acceptors (Lipinski definition) is 2. The van der Waals surface area contributed by atoms with Crippen LogP contribution in [0.3, 0.4) is 0 Å². The maximum Gasteiger partial charge on any atom is 0.143 e. The molecule has 0 bridgehead atoms. The molecule has 12 aromatic rings. The molecule has 0 saturated carbocycles. The maximum absolute atomic E-state index is 6.58. The van der Waals surface area contributed by atoms with Crippen molar-refractivity contribution in [1.29, 1.82) is 0 Å². The SMILES string of the molecule is c1ccc2c(c1)oc1c(-c3ccc4c(c3)c3ccccc3c3ccccc3c3ccccc3n4-c3ccc(-c4cccc5c4sc4ccccc45)cc3)cccc12. The number of para-hydroxylation sites is 3. The van der Waals surface area contributed by atoms with Crippen LogP contribution in [0, 0.1) is 0 Å². The molecular formula is C54H33NOS. The maximum atomic E-state index is 6.58. The van der Waals surface area contributed by atoms with E-state index >= 15 is 0 Å². The number of rotatable bonds is 3. The van der Waals surface area contributed by atoms with E-state index in [0.717, 1.165) is 55.2 Å². The lowest BCUT2D eigenvalue weighted by Gasteiger charge is -2.15. The standard InChI is InChI=1S/C54H33NOS/c1-3-15-41-39(13-1)40-14-2-4-16-42(40)48-33-35(37-20-11-22-46-44-18-6-9-25-51(44)56-53(37)46)29-32-50(48)55(49-24-8-5-17-43(41)49)36-30-27-34(28-31-36)38-21-12-23-47-45-19-7-10-26-52(45)57-54(38)47/h1-33H. The molecule has 0 fully saturated rings. The third-order valence-corrected chi connectivity index (χ3v) is 12.9. The Labute approximate surface area is 332 Å². The number of benzene rings is 9. The molecule has 3 heterocycles. The Bertz CT molecular complexity index is 3640. The largest absolute Gasteiger partial charge is 0.455 e. The summed E-state index contributed by atoms with van der Waals surface area (Å²) in [5.41, 5.74) is 9.81. The van der Waals surface area contributed by atoms with Crippen LogP contribution in [0.4, 0.5) is 0 Å². The Hall–Kier alpha value is -7.20. The van der Waals surface area contributed by atoms with Gasteiger partial charge in [-0.05, 0) is 80.7 Å². The van der Waals surface area contributed by atoms with Gasteiger partial charge in [0.1, 0.15) is 11.2 Å². The minimum Gasteiger partial charge on any atom is -0.455 e. The Balaban J connectivity index is 1.18. The zero-order valence-corrected chi connectivity index (χ0v) is 31.6. The third-order valence-electron chi connectivity index (χ3n) is 11.7. The fourth-order valence-corrected chi connectivity index (χ4v) is 10.3. The van der Waals surface area contributed by atoms with Gasteiger partial charge in [-0.2, -0.15) is 0 Å². The molecule has 0 spiro atoms. The summed E-state index contributed by atoms with van der Waals surface area (Å²) in [5.74, 6) is 0. The average molecular weight is 744 g/mol. The van der Waals surface area contributed by atoms with E-state index in [2.05, 4.69) is 199 Å². The van der Waals surface area contributed by atoms with Gasteiger partial charge >= 0.3 is 0 Å². The second-order valence-electron chi connectivity index (χ2n) is 14.8. The van der Waals surface area contributed by atoms with Gasteiger partial charge < -0.3 is 8.98 Å². The zero-order chi connectivity index (χ0) is 37.5. The van der Waals surface area contributed by atoms with Gasteiger partial charge in [0.15, 0.2) is 0 Å². The number of thiophene rings is 1. The van der Waals surface area contributed by atoms with Gasteiger partial charge in [-0.15, -0.1) is 11.3 Å². The fourth-order valence-electron chi connectivity index (χ4n) is 9.06. The van der Waals surface area contributed by atoms with Crippen LogP contribution >= 0.6 is 11.3 Å². The summed E-state index contributed by atoms with van der Waals surface area (Å²) in [5, 5.41) is 12.0. The molecule has 3 heteroatoms. The van der Waals surface area contributed by atoms with E-state index in [1.807, 2.05) is 17.4 Å². The monoisotopic (exact) mass is 743 g/mol. The highest BCUT2D eigenvalue weighted by molar-refractivity contribution is 7.26. The first-order valence-electron chi connectivity index (χ1n) is 19.4. The van der Waals surface area contributed by atoms with Gasteiger partial charge in [0.25, 0.3) is 0 Å². The summed E-state index contributed by atoms with van der Waals surface area (Å²) in [4.78, 5) is 0. The highest BCUT2D eigenvalue weighted by atomic mass is 32.1. The molecule has 0 aliphatic rings. The molecule has 0 N–H and O–H groups in total. The Morgan fingerprint density at radius 1 is 0.351 bits per heavy atom. The molecule has 3 aromatic heterocycles. The van der Waals surface area contributed by atoms with Crippen LogP contribution in [0.5, 0.6) is 0 Å². The lowest BCUT2D eigenvalue weighted by Crippen LogP contribution is -1.98. The van der Waals surface area contributed by atoms with Crippen molar-refractivity contribution >= 4 is 96.8 Å². The minimum atomic E-state index is 0.902. The summed E-state index contributed by atoms with van der Waals surface area (Å²) in [6, 6.07) is 72.9. The summed E-state index contributed by atoms with van der Waals surface area (Å²) >= 11 is 1.88. The smallest absolute Gasteiger partial charge is 0.143 e. The number of nitrogens with zero attached hydrogens (tertiary/aromatic N) is 1. The normalized spacial score (nSPS) is 11.9. The predicted molar refractivity (Wildman–Crippen MR) is 244 cm³/mol. The minimum absolute atomic E-state index is 0.902. The van der Waals surface area contributed by atoms with Crippen LogP contribution in [-0.4, -0.2) is 4.57 Å². The molecule has 2 nitrogen and oxygen atoms in total. The Morgan fingerprint density at radius 3 is 1.67 bits per heavy atom.